The Labute approximate surface area is 105 Å². The van der Waals surface area contributed by atoms with Crippen LogP contribution in [0, 0.1) is 0 Å². The largest absolute Gasteiger partial charge is 0.492 e. The van der Waals surface area contributed by atoms with Crippen LogP contribution in [0.25, 0.3) is 0 Å². The molecule has 1 rings (SSSR count). The zero-order chi connectivity index (χ0) is 12.7. The van der Waals surface area contributed by atoms with Crippen molar-refractivity contribution in [2.75, 3.05) is 45.2 Å². The van der Waals surface area contributed by atoms with Gasteiger partial charge in [0.1, 0.15) is 12.4 Å². The average Bonchev–Trinajstić information content (AvgIpc) is 2.32. The second-order valence-electron chi connectivity index (χ2n) is 4.32. The molecule has 0 fully saturated rings. The van der Waals surface area contributed by atoms with E-state index in [0.717, 1.165) is 32.0 Å². The Morgan fingerprint density at radius 2 is 1.59 bits per heavy atom. The zero-order valence-corrected chi connectivity index (χ0v) is 11.4. The van der Waals surface area contributed by atoms with Crippen molar-refractivity contribution >= 4 is 5.69 Å². The van der Waals surface area contributed by atoms with Crippen LogP contribution >= 0.6 is 0 Å². The maximum absolute atomic E-state index is 5.66. The summed E-state index contributed by atoms with van der Waals surface area (Å²) in [6, 6.07) is 8.34. The number of hydrogen-bond donors (Lipinski definition) is 0. The van der Waals surface area contributed by atoms with Gasteiger partial charge < -0.3 is 14.5 Å². The van der Waals surface area contributed by atoms with Crippen molar-refractivity contribution < 1.29 is 4.74 Å². The first-order chi connectivity index (χ1) is 8.17. The summed E-state index contributed by atoms with van der Waals surface area (Å²) in [6.45, 7) is 8.10. The van der Waals surface area contributed by atoms with Crippen LogP contribution in [0.2, 0.25) is 0 Å². The van der Waals surface area contributed by atoms with E-state index < -0.39 is 0 Å². The van der Waals surface area contributed by atoms with Crippen molar-refractivity contribution in [1.82, 2.24) is 4.90 Å². The lowest BCUT2D eigenvalue weighted by molar-refractivity contribution is 0.261. The van der Waals surface area contributed by atoms with Gasteiger partial charge in [0.25, 0.3) is 0 Å². The molecule has 0 N–H and O–H groups in total. The summed E-state index contributed by atoms with van der Waals surface area (Å²) in [5, 5.41) is 0. The van der Waals surface area contributed by atoms with Gasteiger partial charge in [-0.3, -0.25) is 0 Å². The minimum Gasteiger partial charge on any atom is -0.492 e. The first kappa shape index (κ1) is 13.8. The van der Waals surface area contributed by atoms with E-state index in [1.807, 2.05) is 26.2 Å². The van der Waals surface area contributed by atoms with E-state index in [2.05, 4.69) is 35.8 Å². The summed E-state index contributed by atoms with van der Waals surface area (Å²) in [5.74, 6) is 0.947. The molecule has 3 heteroatoms. The van der Waals surface area contributed by atoms with Crippen LogP contribution in [0.5, 0.6) is 5.75 Å². The Morgan fingerprint density at radius 3 is 2.06 bits per heavy atom. The van der Waals surface area contributed by atoms with Crippen molar-refractivity contribution in [1.29, 1.82) is 0 Å². The Hall–Kier alpha value is -1.22. The van der Waals surface area contributed by atoms with Crippen LogP contribution in [-0.4, -0.2) is 45.2 Å². The highest BCUT2D eigenvalue weighted by atomic mass is 16.5. The number of benzene rings is 1. The maximum Gasteiger partial charge on any atom is 0.119 e. The molecule has 0 unspecified atom stereocenters. The highest BCUT2D eigenvalue weighted by molar-refractivity contribution is 5.48. The fourth-order valence-electron chi connectivity index (χ4n) is 1.69. The molecular formula is C14H24N2O. The first-order valence-corrected chi connectivity index (χ1v) is 6.30. The van der Waals surface area contributed by atoms with Crippen molar-refractivity contribution in [2.45, 2.75) is 13.8 Å². The SMILES string of the molecule is CCN(CC)c1ccc(OCCN(C)C)cc1. The summed E-state index contributed by atoms with van der Waals surface area (Å²) >= 11 is 0. The first-order valence-electron chi connectivity index (χ1n) is 6.30. The molecule has 0 heterocycles. The second-order valence-corrected chi connectivity index (χ2v) is 4.32. The van der Waals surface area contributed by atoms with Crippen molar-refractivity contribution in [3.8, 4) is 5.75 Å². The third kappa shape index (κ3) is 4.65. The monoisotopic (exact) mass is 236 g/mol. The summed E-state index contributed by atoms with van der Waals surface area (Å²) < 4.78 is 5.66. The third-order valence-electron chi connectivity index (χ3n) is 2.77. The predicted octanol–water partition coefficient (Wildman–Crippen LogP) is 2.47. The second kappa shape index (κ2) is 7.17. The van der Waals surface area contributed by atoms with Crippen molar-refractivity contribution in [3.05, 3.63) is 24.3 Å². The number of rotatable bonds is 7. The molecule has 0 bridgehead atoms. The molecule has 96 valence electrons. The molecule has 0 aromatic heterocycles. The normalized spacial score (nSPS) is 10.6. The van der Waals surface area contributed by atoms with Gasteiger partial charge in [-0.15, -0.1) is 0 Å². The summed E-state index contributed by atoms with van der Waals surface area (Å²) in [4.78, 5) is 4.44. The van der Waals surface area contributed by atoms with Gasteiger partial charge in [-0.2, -0.15) is 0 Å². The number of likely N-dealkylation sites (N-methyl/N-ethyl adjacent to an activating group) is 1. The summed E-state index contributed by atoms with van der Waals surface area (Å²) in [7, 11) is 4.10. The van der Waals surface area contributed by atoms with Gasteiger partial charge in [-0.25, -0.2) is 0 Å². The fourth-order valence-corrected chi connectivity index (χ4v) is 1.69. The van der Waals surface area contributed by atoms with Crippen LogP contribution < -0.4 is 9.64 Å². The Kier molecular flexibility index (Phi) is 5.84. The van der Waals surface area contributed by atoms with E-state index >= 15 is 0 Å². The topological polar surface area (TPSA) is 15.7 Å². The summed E-state index contributed by atoms with van der Waals surface area (Å²) in [6.07, 6.45) is 0. The molecular weight excluding hydrogens is 212 g/mol. The van der Waals surface area contributed by atoms with Crippen molar-refractivity contribution in [2.24, 2.45) is 0 Å². The van der Waals surface area contributed by atoms with E-state index in [1.165, 1.54) is 5.69 Å². The average molecular weight is 236 g/mol. The van der Waals surface area contributed by atoms with E-state index in [9.17, 15) is 0 Å². The van der Waals surface area contributed by atoms with Gasteiger partial charge in [0.05, 0.1) is 0 Å². The maximum atomic E-state index is 5.66. The van der Waals surface area contributed by atoms with Gasteiger partial charge in [-0.05, 0) is 52.2 Å². The molecule has 0 amide bonds. The highest BCUT2D eigenvalue weighted by Crippen LogP contribution is 2.19. The quantitative estimate of drug-likeness (QED) is 0.723. The lowest BCUT2D eigenvalue weighted by Gasteiger charge is -2.21. The van der Waals surface area contributed by atoms with Gasteiger partial charge in [-0.1, -0.05) is 0 Å². The third-order valence-corrected chi connectivity index (χ3v) is 2.77. The summed E-state index contributed by atoms with van der Waals surface area (Å²) in [5.41, 5.74) is 1.26. The molecule has 3 nitrogen and oxygen atoms in total. The van der Waals surface area contributed by atoms with Gasteiger partial charge >= 0.3 is 0 Å². The lowest BCUT2D eigenvalue weighted by Crippen LogP contribution is -2.21. The molecule has 0 saturated heterocycles. The molecule has 0 saturated carbocycles. The van der Waals surface area contributed by atoms with E-state index in [1.54, 1.807) is 0 Å². The minimum atomic E-state index is 0.734. The van der Waals surface area contributed by atoms with Gasteiger partial charge in [0.2, 0.25) is 0 Å². The standard InChI is InChI=1S/C14H24N2O/c1-5-16(6-2)13-7-9-14(10-8-13)17-12-11-15(3)4/h7-10H,5-6,11-12H2,1-4H3. The molecule has 1 aromatic carbocycles. The Balaban J connectivity index is 2.49. The number of hydrogen-bond acceptors (Lipinski definition) is 3. The van der Waals surface area contributed by atoms with E-state index in [0.29, 0.717) is 0 Å². The minimum absolute atomic E-state index is 0.734. The zero-order valence-electron chi connectivity index (χ0n) is 11.4. The lowest BCUT2D eigenvalue weighted by atomic mass is 10.2. The van der Waals surface area contributed by atoms with Crippen LogP contribution in [0.15, 0.2) is 24.3 Å². The molecule has 0 aliphatic heterocycles. The van der Waals surface area contributed by atoms with Crippen LogP contribution in [-0.2, 0) is 0 Å². The highest BCUT2D eigenvalue weighted by Gasteiger charge is 2.01. The molecule has 0 aliphatic rings. The molecule has 0 radical (unpaired) electrons. The Morgan fingerprint density at radius 1 is 1.00 bits per heavy atom. The Bertz CT molecular complexity index is 305. The molecule has 1 aromatic rings. The van der Waals surface area contributed by atoms with Crippen molar-refractivity contribution in [3.63, 3.8) is 0 Å². The van der Waals surface area contributed by atoms with Crippen LogP contribution in [0.1, 0.15) is 13.8 Å². The fraction of sp³-hybridized carbons (Fsp3) is 0.571. The van der Waals surface area contributed by atoms with Gasteiger partial charge in [0.15, 0.2) is 0 Å². The number of anilines is 1. The molecule has 0 spiro atoms. The van der Waals surface area contributed by atoms with E-state index in [-0.39, 0.29) is 0 Å². The number of nitrogens with zero attached hydrogens (tertiary/aromatic N) is 2. The molecule has 0 atom stereocenters. The van der Waals surface area contributed by atoms with Gasteiger partial charge in [0, 0.05) is 25.3 Å². The smallest absolute Gasteiger partial charge is 0.119 e. The molecule has 0 aliphatic carbocycles. The molecule has 17 heavy (non-hydrogen) atoms. The predicted molar refractivity (Wildman–Crippen MR) is 74.1 cm³/mol. The number of ether oxygens (including phenoxy) is 1. The van der Waals surface area contributed by atoms with Crippen LogP contribution in [0.3, 0.4) is 0 Å². The van der Waals surface area contributed by atoms with Crippen LogP contribution in [0.4, 0.5) is 5.69 Å². The van der Waals surface area contributed by atoms with E-state index in [4.69, 9.17) is 4.74 Å².